The minimum absolute atomic E-state index is 0.0316. The van der Waals surface area contributed by atoms with Crippen molar-refractivity contribution in [3.05, 3.63) is 45.1 Å². The van der Waals surface area contributed by atoms with Gasteiger partial charge in [0.25, 0.3) is 11.8 Å². The van der Waals surface area contributed by atoms with Crippen molar-refractivity contribution in [2.24, 2.45) is 11.8 Å². The molecule has 22 heteroatoms. The number of carbonyl (C=O) groups excluding carboxylic acids is 4. The van der Waals surface area contributed by atoms with Crippen LogP contribution in [0.3, 0.4) is 0 Å². The number of hydrogen-bond acceptors (Lipinski definition) is 12. The molecule has 4 aromatic rings. The SMILES string of the molecule is CNC(=O)c1csc2c(C(F)(F)F)cc(N3CC[C@@H](OC(=O)CC(C)C)[C@H](F)C3)nc12.CNC(=O)c1csc2c(C(F)(F)F)cc(N3CC[C@H](OC(=O)CC(C)C)[C@@H](F)C3)nc12. The van der Waals surface area contributed by atoms with Gasteiger partial charge in [0.2, 0.25) is 0 Å². The third kappa shape index (κ3) is 11.4. The summed E-state index contributed by atoms with van der Waals surface area (Å²) >= 11 is 1.57. The lowest BCUT2D eigenvalue weighted by Crippen LogP contribution is -2.47. The van der Waals surface area contributed by atoms with E-state index in [2.05, 4.69) is 20.6 Å². The number of nitrogens with zero attached hydrogens (tertiary/aromatic N) is 4. The standard InChI is InChI=1S/2C20H23F4N3O3S/c2*1-10(2)6-16(28)30-14-4-5-27(8-13(14)21)15-7-12(20(22,23)24)18-17(26-15)11(9-31-18)19(29)25-3/h2*7,9-10,13-14H,4-6,8H2,1-3H3,(H,25,29)/t2*13-,14-/m10/s1. The van der Waals surface area contributed by atoms with E-state index in [-0.39, 0.29) is 107 Å². The summed E-state index contributed by atoms with van der Waals surface area (Å²) in [4.78, 5) is 59.1. The smallest absolute Gasteiger partial charge is 0.417 e. The molecule has 0 aliphatic carbocycles. The Labute approximate surface area is 359 Å². The van der Waals surface area contributed by atoms with Crippen LogP contribution in [0.2, 0.25) is 0 Å². The van der Waals surface area contributed by atoms with Gasteiger partial charge >= 0.3 is 24.3 Å². The molecule has 0 saturated carbocycles. The Morgan fingerprint density at radius 1 is 0.694 bits per heavy atom. The number of fused-ring (bicyclic) bond motifs is 2. The average molecular weight is 923 g/mol. The number of anilines is 2. The van der Waals surface area contributed by atoms with Crippen molar-refractivity contribution in [1.82, 2.24) is 20.6 Å². The van der Waals surface area contributed by atoms with E-state index in [1.165, 1.54) is 34.7 Å². The molecular weight excluding hydrogens is 877 g/mol. The first kappa shape index (κ1) is 48.2. The number of pyridine rings is 2. The minimum atomic E-state index is -4.67. The van der Waals surface area contributed by atoms with Gasteiger partial charge in [0, 0.05) is 63.6 Å². The fraction of sp³-hybridized carbons (Fsp3) is 0.550. The summed E-state index contributed by atoms with van der Waals surface area (Å²) in [5.41, 5.74) is -1.93. The van der Waals surface area contributed by atoms with Crippen LogP contribution in [0.25, 0.3) is 20.4 Å². The van der Waals surface area contributed by atoms with E-state index >= 15 is 0 Å². The Morgan fingerprint density at radius 3 is 1.34 bits per heavy atom. The molecular formula is C40H46F8N6O6S2. The zero-order valence-electron chi connectivity index (χ0n) is 34.5. The molecule has 6 rings (SSSR count). The Hall–Kier alpha value is -4.86. The molecule has 2 fully saturated rings. The number of ether oxygens (including phenoxy) is 2. The maximum absolute atomic E-state index is 14.7. The van der Waals surface area contributed by atoms with E-state index in [4.69, 9.17) is 9.47 Å². The predicted molar refractivity (Wildman–Crippen MR) is 218 cm³/mol. The number of thiophene rings is 2. The summed E-state index contributed by atoms with van der Waals surface area (Å²) in [5.74, 6) is -2.10. The molecule has 0 aromatic carbocycles. The van der Waals surface area contributed by atoms with Crippen molar-refractivity contribution in [1.29, 1.82) is 0 Å². The topological polar surface area (TPSA) is 143 Å². The minimum Gasteiger partial charge on any atom is -0.459 e. The van der Waals surface area contributed by atoms with Crippen molar-refractivity contribution >= 4 is 78.5 Å². The summed E-state index contributed by atoms with van der Waals surface area (Å²) in [7, 11) is 2.75. The second-order valence-electron chi connectivity index (χ2n) is 15.6. The summed E-state index contributed by atoms with van der Waals surface area (Å²) in [6, 6.07) is 1.76. The van der Waals surface area contributed by atoms with Crippen LogP contribution in [0.15, 0.2) is 22.9 Å². The predicted octanol–water partition coefficient (Wildman–Crippen LogP) is 8.36. The molecule has 2 amide bonds. The second kappa shape index (κ2) is 19.7. The number of hydrogen-bond donors (Lipinski definition) is 2. The largest absolute Gasteiger partial charge is 0.459 e. The van der Waals surface area contributed by atoms with Crippen molar-refractivity contribution in [2.75, 3.05) is 50.1 Å². The molecule has 0 radical (unpaired) electrons. The molecule has 0 unspecified atom stereocenters. The normalized spacial score (nSPS) is 19.7. The lowest BCUT2D eigenvalue weighted by molar-refractivity contribution is -0.155. The summed E-state index contributed by atoms with van der Waals surface area (Å²) in [5, 5.41) is 7.43. The van der Waals surface area contributed by atoms with Gasteiger partial charge in [-0.05, 0) is 24.0 Å². The van der Waals surface area contributed by atoms with E-state index in [0.29, 0.717) is 0 Å². The fourth-order valence-electron chi connectivity index (χ4n) is 6.88. The first-order valence-corrected chi connectivity index (χ1v) is 21.4. The Morgan fingerprint density at radius 2 is 1.05 bits per heavy atom. The van der Waals surface area contributed by atoms with Gasteiger partial charge in [0.1, 0.15) is 23.8 Å². The maximum Gasteiger partial charge on any atom is 0.417 e. The van der Waals surface area contributed by atoms with E-state index in [0.717, 1.165) is 34.8 Å². The molecule has 2 N–H and O–H groups in total. The highest BCUT2D eigenvalue weighted by Gasteiger charge is 2.40. The van der Waals surface area contributed by atoms with Gasteiger partial charge in [-0.3, -0.25) is 19.2 Å². The highest BCUT2D eigenvalue weighted by Crippen LogP contribution is 2.42. The van der Waals surface area contributed by atoms with Gasteiger partial charge in [0.05, 0.1) is 55.8 Å². The van der Waals surface area contributed by atoms with Gasteiger partial charge in [-0.15, -0.1) is 22.7 Å². The summed E-state index contributed by atoms with van der Waals surface area (Å²) < 4.78 is 122. The molecule has 6 heterocycles. The molecule has 4 atom stereocenters. The average Bonchev–Trinajstić information content (AvgIpc) is 3.82. The number of aromatic nitrogens is 2. The van der Waals surface area contributed by atoms with Gasteiger partial charge in [0.15, 0.2) is 12.3 Å². The van der Waals surface area contributed by atoms with Gasteiger partial charge in [-0.1, -0.05) is 27.7 Å². The molecule has 2 aliphatic heterocycles. The zero-order chi connectivity index (χ0) is 45.8. The van der Waals surface area contributed by atoms with Crippen LogP contribution in [0.4, 0.5) is 46.8 Å². The molecule has 12 nitrogen and oxygen atoms in total. The molecule has 0 bridgehead atoms. The Kier molecular flexibility index (Phi) is 15.3. The molecule has 2 saturated heterocycles. The van der Waals surface area contributed by atoms with E-state index in [1.807, 2.05) is 27.7 Å². The number of carbonyl (C=O) groups is 4. The number of alkyl halides is 8. The second-order valence-corrected chi connectivity index (χ2v) is 17.4. The summed E-state index contributed by atoms with van der Waals surface area (Å²) in [6.45, 7) is 7.15. The van der Waals surface area contributed by atoms with E-state index in [1.54, 1.807) is 0 Å². The van der Waals surface area contributed by atoms with Crippen LogP contribution in [0.5, 0.6) is 0 Å². The molecule has 0 spiro atoms. The number of rotatable bonds is 10. The third-order valence-corrected chi connectivity index (χ3v) is 11.9. The van der Waals surface area contributed by atoms with Crippen molar-refractivity contribution in [3.8, 4) is 0 Å². The third-order valence-electron chi connectivity index (χ3n) is 9.90. The van der Waals surface area contributed by atoms with E-state index in [9.17, 15) is 54.3 Å². The van der Waals surface area contributed by atoms with Crippen LogP contribution >= 0.6 is 22.7 Å². The molecule has 2 aliphatic rings. The lowest BCUT2D eigenvalue weighted by Gasteiger charge is -2.35. The van der Waals surface area contributed by atoms with Crippen LogP contribution in [-0.4, -0.2) is 98.5 Å². The molecule has 4 aromatic heterocycles. The molecule has 62 heavy (non-hydrogen) atoms. The van der Waals surface area contributed by atoms with E-state index < -0.39 is 71.8 Å². The highest BCUT2D eigenvalue weighted by atomic mass is 32.1. The van der Waals surface area contributed by atoms with Crippen molar-refractivity contribution < 1.29 is 63.8 Å². The lowest BCUT2D eigenvalue weighted by atomic mass is 10.0. The number of amides is 2. The highest BCUT2D eigenvalue weighted by molar-refractivity contribution is 7.18. The fourth-order valence-corrected chi connectivity index (χ4v) is 8.92. The van der Waals surface area contributed by atoms with Crippen molar-refractivity contribution in [2.45, 2.75) is 90.3 Å². The first-order chi connectivity index (χ1) is 29.0. The number of nitrogens with one attached hydrogen (secondary N) is 2. The quantitative estimate of drug-likeness (QED) is 0.118. The van der Waals surface area contributed by atoms with Gasteiger partial charge < -0.3 is 29.9 Å². The first-order valence-electron chi connectivity index (χ1n) is 19.6. The van der Waals surface area contributed by atoms with Crippen LogP contribution < -0.4 is 20.4 Å². The Balaban J connectivity index is 0.000000234. The van der Waals surface area contributed by atoms with Crippen molar-refractivity contribution in [3.63, 3.8) is 0 Å². The Bertz CT molecular complexity index is 2110. The van der Waals surface area contributed by atoms with Crippen LogP contribution in [0, 0.1) is 11.8 Å². The zero-order valence-corrected chi connectivity index (χ0v) is 36.1. The van der Waals surface area contributed by atoms with Gasteiger partial charge in [-0.2, -0.15) is 26.3 Å². The molecule has 340 valence electrons. The van der Waals surface area contributed by atoms with Gasteiger partial charge in [-0.25, -0.2) is 18.7 Å². The van der Waals surface area contributed by atoms with Crippen LogP contribution in [0.1, 0.15) is 85.2 Å². The maximum atomic E-state index is 14.7. The van der Waals surface area contributed by atoms with Crippen LogP contribution in [-0.2, 0) is 31.4 Å². The number of esters is 2. The monoisotopic (exact) mass is 922 g/mol. The number of piperidine rings is 2. The summed E-state index contributed by atoms with van der Waals surface area (Å²) in [6.07, 6.45) is -13.8. The number of halogens is 8.